The maximum absolute atomic E-state index is 12.2. The molecule has 1 atom stereocenters. The summed E-state index contributed by atoms with van der Waals surface area (Å²) in [5.74, 6) is 0. The maximum atomic E-state index is 12.2. The average molecular weight is 271 g/mol. The molecular weight excluding hydrogens is 254 g/mol. The van der Waals surface area contributed by atoms with Gasteiger partial charge in [0.25, 0.3) is 0 Å². The molecule has 0 amide bonds. The lowest BCUT2D eigenvalue weighted by molar-refractivity contribution is 0.0774. The lowest BCUT2D eigenvalue weighted by Gasteiger charge is -2.23. The van der Waals surface area contributed by atoms with Crippen LogP contribution in [0.15, 0.2) is 29.2 Å². The average Bonchev–Trinajstić information content (AvgIpc) is 2.39. The summed E-state index contributed by atoms with van der Waals surface area (Å²) < 4.78 is 32.3. The van der Waals surface area contributed by atoms with Crippen LogP contribution in [0.25, 0.3) is 0 Å². The van der Waals surface area contributed by atoms with Crippen molar-refractivity contribution in [3.05, 3.63) is 29.8 Å². The third kappa shape index (κ3) is 3.08. The number of aliphatic hydroxyl groups excluding tert-OH is 1. The molecule has 0 bridgehead atoms. The van der Waals surface area contributed by atoms with Crippen molar-refractivity contribution in [3.63, 3.8) is 0 Å². The highest BCUT2D eigenvalue weighted by atomic mass is 32.2. The molecule has 1 saturated heterocycles. The van der Waals surface area contributed by atoms with Gasteiger partial charge in [-0.15, -0.1) is 0 Å². The second-order valence-corrected chi connectivity index (χ2v) is 5.98. The zero-order chi connectivity index (χ0) is 13.0. The summed E-state index contributed by atoms with van der Waals surface area (Å²) in [5, 5.41) is 9.17. The number of hydrogen-bond acceptors (Lipinski definition) is 4. The van der Waals surface area contributed by atoms with Crippen molar-refractivity contribution in [1.29, 1.82) is 0 Å². The van der Waals surface area contributed by atoms with Gasteiger partial charge in [-0.2, -0.15) is 0 Å². The van der Waals surface area contributed by atoms with Gasteiger partial charge in [0.1, 0.15) is 0 Å². The number of ether oxygens (including phenoxy) is 1. The lowest BCUT2D eigenvalue weighted by Crippen LogP contribution is -2.40. The first-order valence-corrected chi connectivity index (χ1v) is 7.40. The Labute approximate surface area is 107 Å². The standard InChI is InChI=1S/C12H17NO4S/c14-8-10-4-1-2-6-12(10)18(15,16)13-11-5-3-7-17-9-11/h1-2,4,6,11,13-14H,3,5,7-9H2. The van der Waals surface area contributed by atoms with Crippen LogP contribution < -0.4 is 4.72 Å². The molecule has 2 rings (SSSR count). The van der Waals surface area contributed by atoms with Gasteiger partial charge in [-0.25, -0.2) is 13.1 Å². The molecule has 2 N–H and O–H groups in total. The van der Waals surface area contributed by atoms with E-state index in [0.29, 0.717) is 18.8 Å². The molecule has 0 spiro atoms. The topological polar surface area (TPSA) is 75.6 Å². The summed E-state index contributed by atoms with van der Waals surface area (Å²) in [4.78, 5) is 0.137. The molecule has 1 aliphatic heterocycles. The molecule has 6 heteroatoms. The van der Waals surface area contributed by atoms with Crippen LogP contribution in [0.2, 0.25) is 0 Å². The fraction of sp³-hybridized carbons (Fsp3) is 0.500. The van der Waals surface area contributed by atoms with E-state index in [1.165, 1.54) is 6.07 Å². The molecule has 100 valence electrons. The fourth-order valence-electron chi connectivity index (χ4n) is 2.01. The van der Waals surface area contributed by atoms with Crippen molar-refractivity contribution >= 4 is 10.0 Å². The Hall–Kier alpha value is -0.950. The summed E-state index contributed by atoms with van der Waals surface area (Å²) in [6.07, 6.45) is 1.63. The Bertz CT molecular complexity index is 495. The Morgan fingerprint density at radius 1 is 1.39 bits per heavy atom. The van der Waals surface area contributed by atoms with E-state index in [1.54, 1.807) is 18.2 Å². The molecule has 0 aliphatic carbocycles. The third-order valence-electron chi connectivity index (χ3n) is 2.91. The predicted octanol–water partition coefficient (Wildman–Crippen LogP) is 0.636. The van der Waals surface area contributed by atoms with E-state index in [-0.39, 0.29) is 17.5 Å². The number of nitrogens with one attached hydrogen (secondary N) is 1. The largest absolute Gasteiger partial charge is 0.392 e. The van der Waals surface area contributed by atoms with Crippen LogP contribution in [0.4, 0.5) is 0 Å². The first-order chi connectivity index (χ1) is 8.63. The van der Waals surface area contributed by atoms with Gasteiger partial charge in [0, 0.05) is 12.6 Å². The van der Waals surface area contributed by atoms with Crippen molar-refractivity contribution in [2.24, 2.45) is 0 Å². The molecule has 0 aromatic heterocycles. The number of hydrogen-bond donors (Lipinski definition) is 2. The molecule has 1 aromatic rings. The van der Waals surface area contributed by atoms with Crippen LogP contribution in [0.3, 0.4) is 0 Å². The SMILES string of the molecule is O=S(=O)(NC1CCCOC1)c1ccccc1CO. The minimum atomic E-state index is -3.59. The van der Waals surface area contributed by atoms with Crippen LogP contribution in [-0.4, -0.2) is 32.8 Å². The van der Waals surface area contributed by atoms with Crippen LogP contribution in [0.5, 0.6) is 0 Å². The minimum absolute atomic E-state index is 0.137. The van der Waals surface area contributed by atoms with E-state index in [4.69, 9.17) is 4.74 Å². The zero-order valence-corrected chi connectivity index (χ0v) is 10.8. The minimum Gasteiger partial charge on any atom is -0.392 e. The maximum Gasteiger partial charge on any atom is 0.241 e. The van der Waals surface area contributed by atoms with Gasteiger partial charge in [-0.05, 0) is 24.5 Å². The van der Waals surface area contributed by atoms with E-state index < -0.39 is 10.0 Å². The molecule has 0 radical (unpaired) electrons. The number of benzene rings is 1. The van der Waals surface area contributed by atoms with Crippen molar-refractivity contribution in [3.8, 4) is 0 Å². The number of aliphatic hydroxyl groups is 1. The Balaban J connectivity index is 2.19. The van der Waals surface area contributed by atoms with Crippen LogP contribution in [-0.2, 0) is 21.4 Å². The highest BCUT2D eigenvalue weighted by Gasteiger charge is 2.23. The molecule has 1 aliphatic rings. The number of sulfonamides is 1. The Morgan fingerprint density at radius 2 is 2.17 bits per heavy atom. The van der Waals surface area contributed by atoms with E-state index in [2.05, 4.69) is 4.72 Å². The van der Waals surface area contributed by atoms with E-state index >= 15 is 0 Å². The Kier molecular flexibility index (Phi) is 4.34. The highest BCUT2D eigenvalue weighted by molar-refractivity contribution is 7.89. The van der Waals surface area contributed by atoms with Crippen molar-refractivity contribution in [2.75, 3.05) is 13.2 Å². The summed E-state index contributed by atoms with van der Waals surface area (Å²) in [6, 6.07) is 6.26. The zero-order valence-electron chi connectivity index (χ0n) is 10.0. The molecule has 18 heavy (non-hydrogen) atoms. The van der Waals surface area contributed by atoms with Crippen LogP contribution in [0.1, 0.15) is 18.4 Å². The second-order valence-electron chi connectivity index (χ2n) is 4.30. The molecule has 0 saturated carbocycles. The summed E-state index contributed by atoms with van der Waals surface area (Å²) in [6.45, 7) is 0.796. The molecule has 1 aromatic carbocycles. The lowest BCUT2D eigenvalue weighted by atomic mass is 10.1. The quantitative estimate of drug-likeness (QED) is 0.842. The fourth-order valence-corrected chi connectivity index (χ4v) is 3.50. The molecule has 5 nitrogen and oxygen atoms in total. The van der Waals surface area contributed by atoms with Crippen molar-refractivity contribution in [2.45, 2.75) is 30.4 Å². The first kappa shape index (κ1) is 13.5. The summed E-state index contributed by atoms with van der Waals surface area (Å²) >= 11 is 0. The smallest absolute Gasteiger partial charge is 0.241 e. The van der Waals surface area contributed by atoms with Gasteiger partial charge >= 0.3 is 0 Å². The Morgan fingerprint density at radius 3 is 2.83 bits per heavy atom. The summed E-state index contributed by atoms with van der Waals surface area (Å²) in [7, 11) is -3.59. The third-order valence-corrected chi connectivity index (χ3v) is 4.54. The van der Waals surface area contributed by atoms with Crippen LogP contribution >= 0.6 is 0 Å². The van der Waals surface area contributed by atoms with Crippen molar-refractivity contribution < 1.29 is 18.3 Å². The first-order valence-electron chi connectivity index (χ1n) is 5.92. The van der Waals surface area contributed by atoms with Crippen LogP contribution in [0, 0.1) is 0 Å². The van der Waals surface area contributed by atoms with Gasteiger partial charge in [0.05, 0.1) is 18.1 Å². The number of rotatable bonds is 4. The van der Waals surface area contributed by atoms with Gasteiger partial charge < -0.3 is 9.84 Å². The summed E-state index contributed by atoms with van der Waals surface area (Å²) in [5.41, 5.74) is 0.404. The van der Waals surface area contributed by atoms with E-state index in [9.17, 15) is 13.5 Å². The normalized spacial score (nSPS) is 20.8. The molecule has 1 heterocycles. The molecule has 1 unspecified atom stereocenters. The molecule has 1 fully saturated rings. The van der Waals surface area contributed by atoms with Gasteiger partial charge in [0.2, 0.25) is 10.0 Å². The van der Waals surface area contributed by atoms with Crippen molar-refractivity contribution in [1.82, 2.24) is 4.72 Å². The van der Waals surface area contributed by atoms with E-state index in [0.717, 1.165) is 12.8 Å². The second kappa shape index (κ2) is 5.79. The molecular formula is C12H17NO4S. The van der Waals surface area contributed by atoms with Gasteiger partial charge in [0.15, 0.2) is 0 Å². The monoisotopic (exact) mass is 271 g/mol. The van der Waals surface area contributed by atoms with E-state index in [1.807, 2.05) is 0 Å². The highest BCUT2D eigenvalue weighted by Crippen LogP contribution is 2.17. The van der Waals surface area contributed by atoms with Gasteiger partial charge in [-0.1, -0.05) is 18.2 Å². The predicted molar refractivity (Wildman–Crippen MR) is 66.5 cm³/mol. The van der Waals surface area contributed by atoms with Gasteiger partial charge in [-0.3, -0.25) is 0 Å².